The topological polar surface area (TPSA) is 40.6 Å². The summed E-state index contributed by atoms with van der Waals surface area (Å²) in [6.45, 7) is 5.83. The Kier molecular flexibility index (Phi) is 6.67. The molecule has 4 nitrogen and oxygen atoms in total. The Balaban J connectivity index is 1.72. The highest BCUT2D eigenvalue weighted by Crippen LogP contribution is 2.30. The summed E-state index contributed by atoms with van der Waals surface area (Å²) in [6, 6.07) is 14.1. The quantitative estimate of drug-likeness (QED) is 0.651. The van der Waals surface area contributed by atoms with Gasteiger partial charge in [-0.25, -0.2) is 0 Å². The second-order valence-electron chi connectivity index (χ2n) is 7.63. The van der Waals surface area contributed by atoms with Crippen molar-refractivity contribution in [2.45, 2.75) is 39.8 Å². The maximum atomic E-state index is 13.1. The van der Waals surface area contributed by atoms with Crippen LogP contribution in [0.4, 0.5) is 0 Å². The van der Waals surface area contributed by atoms with Gasteiger partial charge in [-0.05, 0) is 35.8 Å². The average Bonchev–Trinajstić information content (AvgIpc) is 3.33. The van der Waals surface area contributed by atoms with E-state index in [1.54, 1.807) is 16.2 Å². The maximum absolute atomic E-state index is 13.1. The van der Waals surface area contributed by atoms with Crippen LogP contribution in [-0.4, -0.2) is 34.7 Å². The van der Waals surface area contributed by atoms with Crippen LogP contribution in [0.25, 0.3) is 0 Å². The number of amides is 2. The van der Waals surface area contributed by atoms with Gasteiger partial charge in [-0.1, -0.05) is 50.2 Å². The fourth-order valence-electron chi connectivity index (χ4n) is 3.10. The van der Waals surface area contributed by atoms with Gasteiger partial charge >= 0.3 is 0 Å². The molecule has 0 saturated heterocycles. The van der Waals surface area contributed by atoms with Crippen LogP contribution in [0.15, 0.2) is 47.8 Å². The first-order valence-corrected chi connectivity index (χ1v) is 10.5. The van der Waals surface area contributed by atoms with Crippen molar-refractivity contribution in [3.05, 3.63) is 58.3 Å². The highest BCUT2D eigenvalue weighted by atomic mass is 32.1. The zero-order valence-corrected chi connectivity index (χ0v) is 17.0. The Hall–Kier alpha value is -2.14. The van der Waals surface area contributed by atoms with Crippen molar-refractivity contribution in [2.75, 3.05) is 13.1 Å². The molecule has 5 heteroatoms. The first-order valence-electron chi connectivity index (χ1n) is 9.66. The van der Waals surface area contributed by atoms with Crippen LogP contribution < -0.4 is 0 Å². The van der Waals surface area contributed by atoms with Crippen molar-refractivity contribution in [3.8, 4) is 0 Å². The van der Waals surface area contributed by atoms with Crippen LogP contribution in [0, 0.1) is 11.8 Å². The average molecular weight is 385 g/mol. The Morgan fingerprint density at radius 3 is 2.37 bits per heavy atom. The van der Waals surface area contributed by atoms with Gasteiger partial charge in [0.2, 0.25) is 11.8 Å². The van der Waals surface area contributed by atoms with Crippen molar-refractivity contribution in [1.29, 1.82) is 0 Å². The number of benzene rings is 1. The lowest BCUT2D eigenvalue weighted by Crippen LogP contribution is -2.44. The molecular formula is C22H28N2O2S. The molecule has 0 spiro atoms. The van der Waals surface area contributed by atoms with E-state index in [4.69, 9.17) is 0 Å². The molecule has 0 aliphatic heterocycles. The van der Waals surface area contributed by atoms with Gasteiger partial charge in [0.05, 0.1) is 13.1 Å². The summed E-state index contributed by atoms with van der Waals surface area (Å²) in [7, 11) is 0. The fraction of sp³-hybridized carbons (Fsp3) is 0.455. The molecule has 0 radical (unpaired) electrons. The largest absolute Gasteiger partial charge is 0.333 e. The van der Waals surface area contributed by atoms with Crippen molar-refractivity contribution in [3.63, 3.8) is 0 Å². The molecule has 1 fully saturated rings. The third kappa shape index (κ3) is 5.93. The highest BCUT2D eigenvalue weighted by Gasteiger charge is 2.30. The van der Waals surface area contributed by atoms with E-state index in [-0.39, 0.29) is 24.3 Å². The molecule has 0 N–H and O–H groups in total. The zero-order chi connectivity index (χ0) is 19.2. The Morgan fingerprint density at radius 2 is 1.78 bits per heavy atom. The molecular weight excluding hydrogens is 356 g/mol. The van der Waals surface area contributed by atoms with E-state index in [0.717, 1.165) is 10.4 Å². The van der Waals surface area contributed by atoms with E-state index >= 15 is 0 Å². The van der Waals surface area contributed by atoms with Crippen LogP contribution in [0.5, 0.6) is 0 Å². The van der Waals surface area contributed by atoms with E-state index in [0.29, 0.717) is 25.6 Å². The molecule has 1 heterocycles. The molecule has 1 aliphatic rings. The van der Waals surface area contributed by atoms with Gasteiger partial charge in [0.15, 0.2) is 0 Å². The summed E-state index contributed by atoms with van der Waals surface area (Å²) in [5.74, 6) is 0.574. The summed E-state index contributed by atoms with van der Waals surface area (Å²) in [5, 5.41) is 2.03. The van der Waals surface area contributed by atoms with E-state index < -0.39 is 0 Å². The number of hydrogen-bond acceptors (Lipinski definition) is 3. The lowest BCUT2D eigenvalue weighted by Gasteiger charge is -2.28. The summed E-state index contributed by atoms with van der Waals surface area (Å²) >= 11 is 1.66. The number of carbonyl (C=O) groups excluding carboxylic acids is 2. The third-order valence-corrected chi connectivity index (χ3v) is 5.66. The fourth-order valence-corrected chi connectivity index (χ4v) is 3.82. The van der Waals surface area contributed by atoms with Crippen LogP contribution >= 0.6 is 11.3 Å². The van der Waals surface area contributed by atoms with E-state index in [9.17, 15) is 9.59 Å². The molecule has 3 rings (SSSR count). The SMILES string of the molecule is CC(C)C(=O)N(CC(=O)N(Cc1ccccc1)Cc1cccs1)CC1CC1. The molecule has 1 saturated carbocycles. The van der Waals surface area contributed by atoms with Gasteiger partial charge in [-0.2, -0.15) is 0 Å². The molecule has 2 aromatic rings. The minimum Gasteiger partial charge on any atom is -0.333 e. The number of hydrogen-bond donors (Lipinski definition) is 0. The predicted octanol–water partition coefficient (Wildman–Crippen LogP) is 4.17. The van der Waals surface area contributed by atoms with Crippen LogP contribution in [0.2, 0.25) is 0 Å². The number of rotatable bonds is 9. The van der Waals surface area contributed by atoms with Gasteiger partial charge in [-0.3, -0.25) is 9.59 Å². The van der Waals surface area contributed by atoms with Gasteiger partial charge in [-0.15, -0.1) is 11.3 Å². The van der Waals surface area contributed by atoms with Crippen LogP contribution in [0.1, 0.15) is 37.1 Å². The first-order chi connectivity index (χ1) is 13.0. The maximum Gasteiger partial charge on any atom is 0.242 e. The number of carbonyl (C=O) groups is 2. The molecule has 0 bridgehead atoms. The minimum atomic E-state index is -0.0866. The van der Waals surface area contributed by atoms with Crippen molar-refractivity contribution < 1.29 is 9.59 Å². The Morgan fingerprint density at radius 1 is 1.04 bits per heavy atom. The van der Waals surface area contributed by atoms with Crippen molar-refractivity contribution in [2.24, 2.45) is 11.8 Å². The smallest absolute Gasteiger partial charge is 0.242 e. The molecule has 0 atom stereocenters. The standard InChI is InChI=1S/C22H28N2O2S/c1-17(2)22(26)24(14-19-10-11-19)16-21(25)23(15-20-9-6-12-27-20)13-18-7-4-3-5-8-18/h3-9,12,17,19H,10-11,13-16H2,1-2H3. The molecule has 2 amide bonds. The molecule has 1 aromatic carbocycles. The van der Waals surface area contributed by atoms with Crippen LogP contribution in [0.3, 0.4) is 0 Å². The van der Waals surface area contributed by atoms with Gasteiger partial charge in [0.1, 0.15) is 0 Å². The lowest BCUT2D eigenvalue weighted by molar-refractivity contribution is -0.143. The molecule has 144 valence electrons. The Labute approximate surface area is 165 Å². The van der Waals surface area contributed by atoms with Gasteiger partial charge < -0.3 is 9.80 Å². The minimum absolute atomic E-state index is 0.0157. The number of thiophene rings is 1. The molecule has 1 aromatic heterocycles. The monoisotopic (exact) mass is 384 g/mol. The zero-order valence-electron chi connectivity index (χ0n) is 16.1. The third-order valence-electron chi connectivity index (χ3n) is 4.80. The van der Waals surface area contributed by atoms with E-state index in [1.165, 1.54) is 12.8 Å². The van der Waals surface area contributed by atoms with E-state index in [2.05, 4.69) is 6.07 Å². The summed E-state index contributed by atoms with van der Waals surface area (Å²) < 4.78 is 0. The second kappa shape index (κ2) is 9.18. The summed E-state index contributed by atoms with van der Waals surface area (Å²) in [6.07, 6.45) is 2.33. The van der Waals surface area contributed by atoms with Gasteiger partial charge in [0, 0.05) is 23.9 Å². The molecule has 27 heavy (non-hydrogen) atoms. The summed E-state index contributed by atoms with van der Waals surface area (Å²) in [5.41, 5.74) is 1.10. The number of nitrogens with zero attached hydrogens (tertiary/aromatic N) is 2. The predicted molar refractivity (Wildman–Crippen MR) is 109 cm³/mol. The summed E-state index contributed by atoms with van der Waals surface area (Å²) in [4.78, 5) is 30.5. The Bertz CT molecular complexity index is 739. The normalized spacial score (nSPS) is 13.6. The molecule has 0 unspecified atom stereocenters. The van der Waals surface area contributed by atoms with Crippen molar-refractivity contribution in [1.82, 2.24) is 9.80 Å². The second-order valence-corrected chi connectivity index (χ2v) is 8.66. The lowest BCUT2D eigenvalue weighted by atomic mass is 10.1. The first kappa shape index (κ1) is 19.6. The van der Waals surface area contributed by atoms with Gasteiger partial charge in [0.25, 0.3) is 0 Å². The molecule has 1 aliphatic carbocycles. The van der Waals surface area contributed by atoms with Crippen LogP contribution in [-0.2, 0) is 22.7 Å². The van der Waals surface area contributed by atoms with Crippen molar-refractivity contribution >= 4 is 23.2 Å². The van der Waals surface area contributed by atoms with E-state index in [1.807, 2.05) is 60.5 Å². The highest BCUT2D eigenvalue weighted by molar-refractivity contribution is 7.09.